The maximum Gasteiger partial charge on any atom is 0.221 e. The summed E-state index contributed by atoms with van der Waals surface area (Å²) in [4.78, 5) is 14.3. The van der Waals surface area contributed by atoms with E-state index in [0.29, 0.717) is 24.3 Å². The van der Waals surface area contributed by atoms with Gasteiger partial charge in [-0.05, 0) is 45.3 Å². The van der Waals surface area contributed by atoms with Gasteiger partial charge in [-0.2, -0.15) is 0 Å². The molecule has 1 fully saturated rings. The molecule has 4 nitrogen and oxygen atoms in total. The van der Waals surface area contributed by atoms with Crippen molar-refractivity contribution < 1.29 is 4.79 Å². The highest BCUT2D eigenvalue weighted by Crippen LogP contribution is 2.18. The summed E-state index contributed by atoms with van der Waals surface area (Å²) in [6.07, 6.45) is 3.07. The smallest absolute Gasteiger partial charge is 0.221 e. The Bertz CT molecular complexity index is 279. The van der Waals surface area contributed by atoms with Crippen molar-refractivity contribution in [2.75, 3.05) is 27.2 Å². The van der Waals surface area contributed by atoms with Crippen LogP contribution < -0.4 is 10.6 Å². The van der Waals surface area contributed by atoms with Gasteiger partial charge in [0, 0.05) is 25.0 Å². The summed E-state index contributed by atoms with van der Waals surface area (Å²) in [5.74, 6) is 1.25. The number of nitrogens with zero attached hydrogens (tertiary/aromatic N) is 1. The van der Waals surface area contributed by atoms with E-state index in [1.54, 1.807) is 0 Å². The van der Waals surface area contributed by atoms with Gasteiger partial charge in [0.05, 0.1) is 0 Å². The van der Waals surface area contributed by atoms with E-state index in [9.17, 15) is 4.79 Å². The summed E-state index contributed by atoms with van der Waals surface area (Å²) in [6.45, 7) is 8.51. The van der Waals surface area contributed by atoms with Gasteiger partial charge in [-0.15, -0.1) is 0 Å². The van der Waals surface area contributed by atoms with Crippen molar-refractivity contribution in [3.05, 3.63) is 0 Å². The molecule has 0 bridgehead atoms. The van der Waals surface area contributed by atoms with Crippen molar-refractivity contribution in [3.8, 4) is 0 Å². The molecule has 1 saturated heterocycles. The fourth-order valence-corrected chi connectivity index (χ4v) is 2.67. The molecule has 112 valence electrons. The topological polar surface area (TPSA) is 44.4 Å². The summed E-state index contributed by atoms with van der Waals surface area (Å²) in [5.41, 5.74) is 0. The van der Waals surface area contributed by atoms with Gasteiger partial charge in [0.2, 0.25) is 5.91 Å². The van der Waals surface area contributed by atoms with Crippen molar-refractivity contribution in [2.45, 2.75) is 52.1 Å². The first-order valence-corrected chi connectivity index (χ1v) is 7.57. The Morgan fingerprint density at radius 2 is 2.11 bits per heavy atom. The number of piperidine rings is 1. The summed E-state index contributed by atoms with van der Waals surface area (Å²) in [6, 6.07) is 0.585. The van der Waals surface area contributed by atoms with Crippen LogP contribution in [0, 0.1) is 11.8 Å². The predicted octanol–water partition coefficient (Wildman–Crippen LogP) is 1.47. The lowest BCUT2D eigenvalue weighted by Gasteiger charge is -2.31. The number of amides is 1. The Hall–Kier alpha value is -0.610. The maximum atomic E-state index is 12.2. The van der Waals surface area contributed by atoms with Crippen molar-refractivity contribution in [1.29, 1.82) is 0 Å². The highest BCUT2D eigenvalue weighted by Gasteiger charge is 2.25. The lowest BCUT2D eigenvalue weighted by molar-refractivity contribution is -0.123. The molecule has 0 aromatic rings. The number of hydrogen-bond acceptors (Lipinski definition) is 3. The van der Waals surface area contributed by atoms with Crippen LogP contribution in [-0.4, -0.2) is 50.1 Å². The second kappa shape index (κ2) is 7.85. The molecule has 1 aliphatic heterocycles. The van der Waals surface area contributed by atoms with Crippen LogP contribution >= 0.6 is 0 Å². The van der Waals surface area contributed by atoms with E-state index in [1.807, 2.05) is 14.1 Å². The quantitative estimate of drug-likeness (QED) is 0.767. The molecule has 0 aromatic heterocycles. The zero-order chi connectivity index (χ0) is 14.4. The third kappa shape index (κ3) is 5.91. The second-order valence-corrected chi connectivity index (χ2v) is 6.56. The number of carbonyl (C=O) groups excluding carboxylic acids is 1. The molecule has 3 atom stereocenters. The minimum Gasteiger partial charge on any atom is -0.352 e. The lowest BCUT2D eigenvalue weighted by Crippen LogP contribution is -2.48. The Kier molecular flexibility index (Phi) is 6.80. The average Bonchev–Trinajstić information content (AvgIpc) is 2.30. The molecule has 1 rings (SSSR count). The zero-order valence-corrected chi connectivity index (χ0v) is 13.2. The summed E-state index contributed by atoms with van der Waals surface area (Å²) in [7, 11) is 4.10. The predicted molar refractivity (Wildman–Crippen MR) is 80.1 cm³/mol. The van der Waals surface area contributed by atoms with E-state index >= 15 is 0 Å². The number of rotatable bonds is 6. The molecule has 0 spiro atoms. The van der Waals surface area contributed by atoms with Crippen LogP contribution in [0.15, 0.2) is 0 Å². The maximum absolute atomic E-state index is 12.2. The van der Waals surface area contributed by atoms with Gasteiger partial charge in [0.1, 0.15) is 0 Å². The summed E-state index contributed by atoms with van der Waals surface area (Å²) in [5, 5.41) is 6.67. The minimum absolute atomic E-state index is 0.187. The monoisotopic (exact) mass is 269 g/mol. The molecule has 1 aliphatic rings. The van der Waals surface area contributed by atoms with Crippen LogP contribution in [0.2, 0.25) is 0 Å². The first-order chi connectivity index (χ1) is 8.90. The number of carbonyl (C=O) groups is 1. The molecular weight excluding hydrogens is 238 g/mol. The highest BCUT2D eigenvalue weighted by atomic mass is 16.1. The Balaban J connectivity index is 2.43. The van der Waals surface area contributed by atoms with Gasteiger partial charge in [0.25, 0.3) is 0 Å². The molecule has 0 aliphatic carbocycles. The molecule has 19 heavy (non-hydrogen) atoms. The molecule has 0 saturated carbocycles. The molecule has 1 heterocycles. The van der Waals surface area contributed by atoms with E-state index in [2.05, 4.69) is 36.3 Å². The third-order valence-corrected chi connectivity index (χ3v) is 4.05. The van der Waals surface area contributed by atoms with Gasteiger partial charge in [-0.3, -0.25) is 4.79 Å². The molecule has 1 amide bonds. The number of nitrogens with one attached hydrogen (secondary N) is 2. The first kappa shape index (κ1) is 16.4. The average molecular weight is 269 g/mol. The van der Waals surface area contributed by atoms with Crippen LogP contribution in [0.25, 0.3) is 0 Å². The molecule has 3 unspecified atom stereocenters. The third-order valence-electron chi connectivity index (χ3n) is 4.05. The van der Waals surface area contributed by atoms with E-state index in [4.69, 9.17) is 0 Å². The minimum atomic E-state index is 0.187. The number of hydrogen-bond donors (Lipinski definition) is 2. The van der Waals surface area contributed by atoms with Gasteiger partial charge in [0.15, 0.2) is 0 Å². The Morgan fingerprint density at radius 3 is 2.63 bits per heavy atom. The normalized spacial score (nSPS) is 25.6. The molecule has 0 aromatic carbocycles. The van der Waals surface area contributed by atoms with E-state index < -0.39 is 0 Å². The van der Waals surface area contributed by atoms with E-state index in [1.165, 1.54) is 12.8 Å². The fourth-order valence-electron chi connectivity index (χ4n) is 2.67. The molecule has 2 N–H and O–H groups in total. The van der Waals surface area contributed by atoms with E-state index in [-0.39, 0.29) is 11.9 Å². The lowest BCUT2D eigenvalue weighted by atomic mass is 9.90. The zero-order valence-electron chi connectivity index (χ0n) is 13.2. The number of likely N-dealkylation sites (N-methyl/N-ethyl adjacent to an activating group) is 1. The standard InChI is InChI=1S/C15H31N3O/c1-11(2)14(10-18(4)5)17-15(19)9-13-12(3)7-6-8-16-13/h11-14,16H,6-10H2,1-5H3,(H,17,19). The first-order valence-electron chi connectivity index (χ1n) is 7.57. The summed E-state index contributed by atoms with van der Waals surface area (Å²) >= 11 is 0. The SMILES string of the molecule is CC(C)C(CN(C)C)NC(=O)CC1NCCCC1C. The van der Waals surface area contributed by atoms with Gasteiger partial charge in [-0.1, -0.05) is 20.8 Å². The van der Waals surface area contributed by atoms with Crippen LogP contribution in [0.5, 0.6) is 0 Å². The molecule has 4 heteroatoms. The van der Waals surface area contributed by atoms with Crippen LogP contribution in [0.3, 0.4) is 0 Å². The van der Waals surface area contributed by atoms with Crippen molar-refractivity contribution in [1.82, 2.24) is 15.5 Å². The van der Waals surface area contributed by atoms with Gasteiger partial charge < -0.3 is 15.5 Å². The van der Waals surface area contributed by atoms with Gasteiger partial charge in [-0.25, -0.2) is 0 Å². The molecular formula is C15H31N3O. The van der Waals surface area contributed by atoms with Gasteiger partial charge >= 0.3 is 0 Å². The second-order valence-electron chi connectivity index (χ2n) is 6.56. The van der Waals surface area contributed by atoms with Crippen molar-refractivity contribution >= 4 is 5.91 Å². The Morgan fingerprint density at radius 1 is 1.42 bits per heavy atom. The van der Waals surface area contributed by atoms with Crippen LogP contribution in [-0.2, 0) is 4.79 Å². The Labute approximate surface area is 118 Å². The van der Waals surface area contributed by atoms with Crippen LogP contribution in [0.1, 0.15) is 40.0 Å². The molecule has 0 radical (unpaired) electrons. The van der Waals surface area contributed by atoms with E-state index in [0.717, 1.165) is 13.1 Å². The van der Waals surface area contributed by atoms with Crippen molar-refractivity contribution in [3.63, 3.8) is 0 Å². The largest absolute Gasteiger partial charge is 0.352 e. The highest BCUT2D eigenvalue weighted by molar-refractivity contribution is 5.77. The fraction of sp³-hybridized carbons (Fsp3) is 0.933. The summed E-state index contributed by atoms with van der Waals surface area (Å²) < 4.78 is 0. The van der Waals surface area contributed by atoms with Crippen molar-refractivity contribution in [2.24, 2.45) is 11.8 Å². The van der Waals surface area contributed by atoms with Crippen LogP contribution in [0.4, 0.5) is 0 Å².